The van der Waals surface area contributed by atoms with Crippen molar-refractivity contribution in [3.8, 4) is 0 Å². The second kappa shape index (κ2) is 9.72. The first-order chi connectivity index (χ1) is 17.1. The van der Waals surface area contributed by atoms with Gasteiger partial charge in [0.05, 0.1) is 18.1 Å². The number of cyclic esters (lactones) is 1. The number of ketones is 1. The van der Waals surface area contributed by atoms with Crippen LogP contribution in [-0.4, -0.2) is 57.2 Å². The predicted molar refractivity (Wildman–Crippen MR) is 147 cm³/mol. The Morgan fingerprint density at radius 2 is 1.78 bits per heavy atom. The number of rotatable bonds is 4. The van der Waals surface area contributed by atoms with Gasteiger partial charge in [0.15, 0.2) is 14.4 Å². The zero-order valence-corrected chi connectivity index (χ0v) is 25.7. The van der Waals surface area contributed by atoms with E-state index < -0.39 is 26.1 Å². The summed E-state index contributed by atoms with van der Waals surface area (Å²) in [5.74, 6) is -0.459. The summed E-state index contributed by atoms with van der Waals surface area (Å²) in [4.78, 5) is 27.3. The number of hydrogen-bond acceptors (Lipinski definition) is 6. The fraction of sp³-hybridized carbons (Fsp3) is 0.800. The van der Waals surface area contributed by atoms with Crippen LogP contribution in [0.2, 0.25) is 18.1 Å². The highest BCUT2D eigenvalue weighted by Crippen LogP contribution is 2.60. The van der Waals surface area contributed by atoms with E-state index in [0.717, 1.165) is 5.57 Å². The molecule has 4 rings (SSSR count). The summed E-state index contributed by atoms with van der Waals surface area (Å²) in [7, 11) is -0.549. The van der Waals surface area contributed by atoms with Gasteiger partial charge in [-0.3, -0.25) is 4.79 Å². The zero-order valence-electron chi connectivity index (χ0n) is 24.7. The second-order valence-electron chi connectivity index (χ2n) is 13.6. The van der Waals surface area contributed by atoms with Crippen molar-refractivity contribution >= 4 is 20.1 Å². The van der Waals surface area contributed by atoms with Gasteiger partial charge in [0.25, 0.3) is 0 Å². The molecule has 37 heavy (non-hydrogen) atoms. The topological polar surface area (TPSA) is 71.1 Å². The van der Waals surface area contributed by atoms with Crippen molar-refractivity contribution in [1.29, 1.82) is 0 Å². The van der Waals surface area contributed by atoms with Gasteiger partial charge in [-0.25, -0.2) is 4.79 Å². The standard InChI is InChI=1S/C30H48O6Si/c1-16-14-17(2)30-21(12-13-22-24(30)25(31)18(3)19(4)27(22)35-30)15-23(33-9)28(32)34-26(16)20(5)36-37(10,11)29(6,7)8/h12-14,16,18-24,26-27H,15H2,1-11H3/b17-14+/t16-,18?,19-,20-,21-,22-,23+,24+,26+,27+,30+/m1/s1. The Kier molecular flexibility index (Phi) is 7.55. The number of carbonyl (C=O) groups excluding carboxylic acids is 2. The van der Waals surface area contributed by atoms with Crippen molar-refractivity contribution in [2.24, 2.45) is 35.5 Å². The lowest BCUT2D eigenvalue weighted by Gasteiger charge is -2.46. The summed E-state index contributed by atoms with van der Waals surface area (Å²) in [6.07, 6.45) is 5.39. The molecule has 0 aromatic carbocycles. The monoisotopic (exact) mass is 532 g/mol. The lowest BCUT2D eigenvalue weighted by Crippen LogP contribution is -2.54. The summed E-state index contributed by atoms with van der Waals surface area (Å²) in [5.41, 5.74) is 0.288. The maximum atomic E-state index is 13.8. The molecule has 2 fully saturated rings. The quantitative estimate of drug-likeness (QED) is 0.262. The highest BCUT2D eigenvalue weighted by Gasteiger charge is 2.67. The summed E-state index contributed by atoms with van der Waals surface area (Å²) >= 11 is 0. The molecule has 0 aromatic heterocycles. The molecule has 6 nitrogen and oxygen atoms in total. The van der Waals surface area contributed by atoms with Crippen molar-refractivity contribution in [3.05, 3.63) is 23.8 Å². The average Bonchev–Trinajstić information content (AvgIpc) is 3.00. The summed E-state index contributed by atoms with van der Waals surface area (Å²) in [5, 5.41) is 0.0316. The van der Waals surface area contributed by atoms with E-state index in [9.17, 15) is 9.59 Å². The average molecular weight is 533 g/mol. The van der Waals surface area contributed by atoms with Crippen LogP contribution in [-0.2, 0) is 28.2 Å². The Morgan fingerprint density at radius 3 is 2.38 bits per heavy atom. The van der Waals surface area contributed by atoms with Gasteiger partial charge in [0, 0.05) is 30.8 Å². The molecular weight excluding hydrogens is 484 g/mol. The first-order valence-corrected chi connectivity index (χ1v) is 17.0. The molecule has 7 heteroatoms. The van der Waals surface area contributed by atoms with Crippen LogP contribution in [0, 0.1) is 35.5 Å². The van der Waals surface area contributed by atoms with Crippen molar-refractivity contribution in [3.63, 3.8) is 0 Å². The van der Waals surface area contributed by atoms with Crippen LogP contribution in [0.15, 0.2) is 23.8 Å². The van der Waals surface area contributed by atoms with Gasteiger partial charge in [-0.1, -0.05) is 59.8 Å². The van der Waals surface area contributed by atoms with Crippen LogP contribution >= 0.6 is 0 Å². The van der Waals surface area contributed by atoms with Crippen molar-refractivity contribution in [2.75, 3.05) is 7.11 Å². The molecule has 0 N–H and O–H groups in total. The summed E-state index contributed by atoms with van der Waals surface area (Å²) < 4.78 is 25.6. The molecule has 1 unspecified atom stereocenters. The fourth-order valence-corrected chi connectivity index (χ4v) is 8.47. The number of methoxy groups -OCH3 is 1. The van der Waals surface area contributed by atoms with E-state index in [0.29, 0.717) is 6.42 Å². The molecule has 2 aliphatic heterocycles. The normalized spacial score (nSPS) is 44.5. The highest BCUT2D eigenvalue weighted by molar-refractivity contribution is 6.74. The van der Waals surface area contributed by atoms with Gasteiger partial charge in [-0.2, -0.15) is 0 Å². The third-order valence-corrected chi connectivity index (χ3v) is 15.0. The second-order valence-corrected chi connectivity index (χ2v) is 18.4. The SMILES string of the molecule is CO[C@H]1C[C@H]2C=C[C@H]3[C@H]4O[C@]2(/C(C)=C/[C@@H](C)[C@@H]([C@@H](C)O[Si](C)(C)C(C)(C)C)OC1=O)[C@@H]3C(=O)C(C)[C@H]4C. The maximum absolute atomic E-state index is 13.8. The van der Waals surface area contributed by atoms with Crippen LogP contribution in [0.5, 0.6) is 0 Å². The highest BCUT2D eigenvalue weighted by atomic mass is 28.4. The minimum absolute atomic E-state index is 0.00914. The van der Waals surface area contributed by atoms with Crippen LogP contribution in [0.1, 0.15) is 61.8 Å². The molecule has 0 aromatic rings. The molecule has 2 heterocycles. The van der Waals surface area contributed by atoms with E-state index in [1.165, 1.54) is 0 Å². The molecule has 4 aliphatic rings. The smallest absolute Gasteiger partial charge is 0.335 e. The summed E-state index contributed by atoms with van der Waals surface area (Å²) in [6.45, 7) is 21.4. The number of hydrogen-bond donors (Lipinski definition) is 0. The Balaban J connectivity index is 1.79. The van der Waals surface area contributed by atoms with E-state index in [4.69, 9.17) is 18.6 Å². The third-order valence-electron chi connectivity index (χ3n) is 10.4. The third kappa shape index (κ3) is 4.52. The number of esters is 1. The van der Waals surface area contributed by atoms with Crippen molar-refractivity contribution in [2.45, 2.75) is 110 Å². The molecule has 1 spiro atoms. The minimum atomic E-state index is -2.10. The molecule has 1 saturated carbocycles. The Hall–Kier alpha value is -1.28. The van der Waals surface area contributed by atoms with Crippen LogP contribution in [0.3, 0.4) is 0 Å². The lowest BCUT2D eigenvalue weighted by molar-refractivity contribution is -0.171. The lowest BCUT2D eigenvalue weighted by atomic mass is 9.57. The largest absolute Gasteiger partial charge is 0.457 e. The molecule has 11 atom stereocenters. The van der Waals surface area contributed by atoms with Gasteiger partial charge in [0.1, 0.15) is 17.5 Å². The van der Waals surface area contributed by atoms with Crippen LogP contribution in [0.4, 0.5) is 0 Å². The van der Waals surface area contributed by atoms with E-state index in [-0.39, 0.29) is 64.5 Å². The van der Waals surface area contributed by atoms with Gasteiger partial charge in [-0.05, 0) is 49.9 Å². The summed E-state index contributed by atoms with van der Waals surface area (Å²) in [6, 6.07) is 0. The van der Waals surface area contributed by atoms with Crippen LogP contribution in [0.25, 0.3) is 0 Å². The van der Waals surface area contributed by atoms with Crippen molar-refractivity contribution < 1.29 is 28.2 Å². The van der Waals surface area contributed by atoms with Crippen LogP contribution < -0.4 is 0 Å². The molecule has 2 aliphatic carbocycles. The fourth-order valence-electron chi connectivity index (χ4n) is 7.05. The molecule has 0 amide bonds. The molecule has 208 valence electrons. The first-order valence-electron chi connectivity index (χ1n) is 14.1. The minimum Gasteiger partial charge on any atom is -0.457 e. The van der Waals surface area contributed by atoms with Gasteiger partial charge < -0.3 is 18.6 Å². The number of carbonyl (C=O) groups is 2. The van der Waals surface area contributed by atoms with Crippen molar-refractivity contribution in [1.82, 2.24) is 0 Å². The number of Topliss-reactive ketones (excluding diaryl/α,β-unsaturated/α-hetero) is 1. The maximum Gasteiger partial charge on any atom is 0.335 e. The Morgan fingerprint density at radius 1 is 1.14 bits per heavy atom. The molecule has 4 bridgehead atoms. The predicted octanol–water partition coefficient (Wildman–Crippen LogP) is 5.72. The molecule has 1 saturated heterocycles. The van der Waals surface area contributed by atoms with Gasteiger partial charge in [-0.15, -0.1) is 0 Å². The number of ether oxygens (including phenoxy) is 3. The van der Waals surface area contributed by atoms with Gasteiger partial charge in [0.2, 0.25) is 0 Å². The van der Waals surface area contributed by atoms with E-state index in [1.54, 1.807) is 7.11 Å². The zero-order chi connectivity index (χ0) is 27.7. The first kappa shape index (κ1) is 28.7. The Bertz CT molecular complexity index is 979. The Labute approximate surface area is 224 Å². The molecular formula is C30H48O6Si. The van der Waals surface area contributed by atoms with E-state index >= 15 is 0 Å². The van der Waals surface area contributed by atoms with E-state index in [1.807, 2.05) is 13.8 Å². The van der Waals surface area contributed by atoms with E-state index in [2.05, 4.69) is 72.9 Å². The van der Waals surface area contributed by atoms with Gasteiger partial charge >= 0.3 is 5.97 Å². The molecule has 0 radical (unpaired) electrons.